The third-order valence-electron chi connectivity index (χ3n) is 6.87. The molecule has 200 valence electrons. The molecule has 0 spiro atoms. The second-order valence-corrected chi connectivity index (χ2v) is 11.2. The second-order valence-electron chi connectivity index (χ2n) is 11.2. The van der Waals surface area contributed by atoms with E-state index in [2.05, 4.69) is 15.3 Å². The number of benzene rings is 1. The minimum atomic E-state index is -0.532. The molecular formula is C29H35N5O4. The lowest BCUT2D eigenvalue weighted by Crippen LogP contribution is -2.51. The molecule has 2 fully saturated rings. The van der Waals surface area contributed by atoms with Crippen LogP contribution in [0.1, 0.15) is 50.3 Å². The highest BCUT2D eigenvalue weighted by atomic mass is 16.6. The topological polar surface area (TPSA) is 108 Å². The molecule has 0 radical (unpaired) electrons. The van der Waals surface area contributed by atoms with Gasteiger partial charge in [0.05, 0.1) is 6.42 Å². The minimum absolute atomic E-state index is 0.0367. The third-order valence-corrected chi connectivity index (χ3v) is 6.87. The molecule has 1 saturated heterocycles. The van der Waals surface area contributed by atoms with E-state index in [0.717, 1.165) is 40.6 Å². The Bertz CT molecular complexity index is 1330. The average Bonchev–Trinajstić information content (AvgIpc) is 3.62. The van der Waals surface area contributed by atoms with Crippen LogP contribution >= 0.6 is 0 Å². The summed E-state index contributed by atoms with van der Waals surface area (Å²) in [7, 11) is 0. The fourth-order valence-corrected chi connectivity index (χ4v) is 4.64. The number of carbonyl (C=O) groups is 3. The van der Waals surface area contributed by atoms with Crippen LogP contribution in [0, 0.1) is 5.92 Å². The van der Waals surface area contributed by atoms with E-state index in [1.165, 1.54) is 0 Å². The van der Waals surface area contributed by atoms with Gasteiger partial charge in [-0.2, -0.15) is 0 Å². The van der Waals surface area contributed by atoms with Crippen LogP contribution < -0.4 is 5.32 Å². The van der Waals surface area contributed by atoms with E-state index in [1.54, 1.807) is 4.90 Å². The van der Waals surface area contributed by atoms with Crippen molar-refractivity contribution in [2.75, 3.05) is 31.5 Å². The first-order chi connectivity index (χ1) is 18.1. The van der Waals surface area contributed by atoms with Crippen LogP contribution in [-0.4, -0.2) is 69.5 Å². The van der Waals surface area contributed by atoms with E-state index in [4.69, 9.17) is 4.74 Å². The number of pyridine rings is 1. The third kappa shape index (κ3) is 6.33. The van der Waals surface area contributed by atoms with Gasteiger partial charge in [-0.3, -0.25) is 9.59 Å². The number of nitrogens with one attached hydrogen (secondary N) is 2. The number of amides is 3. The van der Waals surface area contributed by atoms with Gasteiger partial charge in [-0.25, -0.2) is 9.78 Å². The molecule has 2 aliphatic rings. The van der Waals surface area contributed by atoms with E-state index in [1.807, 2.05) is 68.3 Å². The first-order valence-corrected chi connectivity index (χ1v) is 13.3. The van der Waals surface area contributed by atoms with E-state index in [0.29, 0.717) is 44.8 Å². The van der Waals surface area contributed by atoms with E-state index in [-0.39, 0.29) is 23.8 Å². The molecule has 3 aromatic rings. The van der Waals surface area contributed by atoms with Crippen molar-refractivity contribution in [2.45, 2.75) is 52.1 Å². The number of carbonyl (C=O) groups excluding carboxylic acids is 3. The molecule has 0 atom stereocenters. The van der Waals surface area contributed by atoms with Crippen LogP contribution in [0.3, 0.4) is 0 Å². The number of H-pyrrole nitrogens is 1. The van der Waals surface area contributed by atoms with E-state index >= 15 is 0 Å². The Morgan fingerprint density at radius 3 is 2.32 bits per heavy atom. The summed E-state index contributed by atoms with van der Waals surface area (Å²) in [6.07, 6.45) is 4.42. The van der Waals surface area contributed by atoms with Crippen LogP contribution in [0.2, 0.25) is 0 Å². The predicted octanol–water partition coefficient (Wildman–Crippen LogP) is 4.12. The van der Waals surface area contributed by atoms with Gasteiger partial charge < -0.3 is 24.8 Å². The largest absolute Gasteiger partial charge is 0.444 e. The van der Waals surface area contributed by atoms with Crippen molar-refractivity contribution >= 4 is 34.8 Å². The lowest BCUT2D eigenvalue weighted by Gasteiger charge is -2.35. The van der Waals surface area contributed by atoms with Crippen molar-refractivity contribution in [3.05, 3.63) is 59.3 Å². The van der Waals surface area contributed by atoms with Crippen LogP contribution in [0.5, 0.6) is 0 Å². The number of ether oxygens (including phenoxy) is 1. The highest BCUT2D eigenvalue weighted by Gasteiger charge is 2.30. The molecule has 3 heterocycles. The van der Waals surface area contributed by atoms with Gasteiger partial charge in [0, 0.05) is 43.7 Å². The molecule has 2 aromatic heterocycles. The Balaban J connectivity index is 1.17. The molecular weight excluding hydrogens is 482 g/mol. The number of piperazine rings is 1. The molecule has 2 N–H and O–H groups in total. The van der Waals surface area contributed by atoms with Crippen LogP contribution in [0.15, 0.2) is 42.6 Å². The average molecular weight is 518 g/mol. The lowest BCUT2D eigenvalue weighted by atomic mass is 10.0. The van der Waals surface area contributed by atoms with E-state index in [9.17, 15) is 14.4 Å². The molecule has 3 amide bonds. The first kappa shape index (κ1) is 25.8. The predicted molar refractivity (Wildman–Crippen MR) is 145 cm³/mol. The minimum Gasteiger partial charge on any atom is -0.444 e. The molecule has 1 saturated carbocycles. The normalized spacial score (nSPS) is 16.0. The van der Waals surface area contributed by atoms with Crippen molar-refractivity contribution in [3.63, 3.8) is 0 Å². The Hall–Kier alpha value is -3.88. The van der Waals surface area contributed by atoms with Gasteiger partial charge >= 0.3 is 6.09 Å². The summed E-state index contributed by atoms with van der Waals surface area (Å²) in [6.45, 7) is 7.50. The summed E-state index contributed by atoms with van der Waals surface area (Å²) in [6, 6.07) is 12.0. The maximum Gasteiger partial charge on any atom is 0.410 e. The monoisotopic (exact) mass is 517 g/mol. The standard InChI is InChI=1S/C29H35N5O4/c1-29(2,3)38-28(37)34-14-12-33(13-15-34)25(35)17-20-6-4-19(5-7-20)16-22-18-24(32-27(36)21-8-9-21)31-26-23(22)10-11-30-26/h4-7,10-11,18,21H,8-9,12-17H2,1-3H3,(H2,30,31,32,36). The van der Waals surface area contributed by atoms with Crippen molar-refractivity contribution in [2.24, 2.45) is 5.92 Å². The number of fused-ring (bicyclic) bond motifs is 1. The lowest BCUT2D eigenvalue weighted by molar-refractivity contribution is -0.132. The second kappa shape index (κ2) is 10.5. The Labute approximate surface area is 222 Å². The Morgan fingerprint density at radius 2 is 1.66 bits per heavy atom. The number of hydrogen-bond acceptors (Lipinski definition) is 5. The fraction of sp³-hybridized carbons (Fsp3) is 0.448. The molecule has 9 nitrogen and oxygen atoms in total. The molecule has 1 aliphatic carbocycles. The van der Waals surface area contributed by atoms with Gasteiger partial charge in [0.1, 0.15) is 17.1 Å². The number of anilines is 1. The van der Waals surface area contributed by atoms with Crippen molar-refractivity contribution in [1.29, 1.82) is 0 Å². The van der Waals surface area contributed by atoms with Gasteiger partial charge in [-0.15, -0.1) is 0 Å². The zero-order chi connectivity index (χ0) is 26.9. The summed E-state index contributed by atoms with van der Waals surface area (Å²) in [5, 5.41) is 3.98. The van der Waals surface area contributed by atoms with Gasteiger partial charge in [0.25, 0.3) is 0 Å². The van der Waals surface area contributed by atoms with Crippen LogP contribution in [0.4, 0.5) is 10.6 Å². The number of aromatic amines is 1. The van der Waals surface area contributed by atoms with Crippen molar-refractivity contribution in [3.8, 4) is 0 Å². The fourth-order valence-electron chi connectivity index (χ4n) is 4.64. The van der Waals surface area contributed by atoms with Gasteiger partial charge in [-0.1, -0.05) is 24.3 Å². The van der Waals surface area contributed by atoms with Crippen molar-refractivity contribution in [1.82, 2.24) is 19.8 Å². The molecule has 9 heteroatoms. The van der Waals surface area contributed by atoms with Gasteiger partial charge in [0.2, 0.25) is 11.8 Å². The zero-order valence-electron chi connectivity index (χ0n) is 22.3. The Kier molecular flexibility index (Phi) is 7.10. The highest BCUT2D eigenvalue weighted by Crippen LogP contribution is 2.31. The van der Waals surface area contributed by atoms with Gasteiger partial charge in [-0.05, 0) is 68.9 Å². The summed E-state index contributed by atoms with van der Waals surface area (Å²) in [5.41, 5.74) is 3.36. The number of aromatic nitrogens is 2. The SMILES string of the molecule is CC(C)(C)OC(=O)N1CCN(C(=O)Cc2ccc(Cc3cc(NC(=O)C4CC4)nc4[nH]ccc34)cc2)CC1. The maximum absolute atomic E-state index is 12.9. The zero-order valence-corrected chi connectivity index (χ0v) is 22.3. The summed E-state index contributed by atoms with van der Waals surface area (Å²) in [5.74, 6) is 0.778. The van der Waals surface area contributed by atoms with E-state index < -0.39 is 5.60 Å². The number of hydrogen-bond donors (Lipinski definition) is 2. The van der Waals surface area contributed by atoms with Crippen LogP contribution in [0.25, 0.3) is 11.0 Å². The number of rotatable bonds is 6. The first-order valence-electron chi connectivity index (χ1n) is 13.3. The maximum atomic E-state index is 12.9. The quantitative estimate of drug-likeness (QED) is 0.511. The number of nitrogens with zero attached hydrogens (tertiary/aromatic N) is 3. The van der Waals surface area contributed by atoms with Crippen LogP contribution in [-0.2, 0) is 27.2 Å². The molecule has 1 aromatic carbocycles. The molecule has 0 unspecified atom stereocenters. The smallest absolute Gasteiger partial charge is 0.410 e. The Morgan fingerprint density at radius 1 is 1.00 bits per heavy atom. The molecule has 0 bridgehead atoms. The van der Waals surface area contributed by atoms with Crippen molar-refractivity contribution < 1.29 is 19.1 Å². The summed E-state index contributed by atoms with van der Waals surface area (Å²) in [4.78, 5) is 48.6. The summed E-state index contributed by atoms with van der Waals surface area (Å²) >= 11 is 0. The van der Waals surface area contributed by atoms with Gasteiger partial charge in [0.15, 0.2) is 0 Å². The summed E-state index contributed by atoms with van der Waals surface area (Å²) < 4.78 is 5.44. The molecule has 38 heavy (non-hydrogen) atoms. The molecule has 1 aliphatic heterocycles. The highest BCUT2D eigenvalue weighted by molar-refractivity contribution is 5.94. The molecule has 5 rings (SSSR count).